The lowest BCUT2D eigenvalue weighted by molar-refractivity contribution is 0.665. The third kappa shape index (κ3) is 4.46. The lowest BCUT2D eigenvalue weighted by Gasteiger charge is -2.11. The van der Waals surface area contributed by atoms with E-state index in [0.717, 1.165) is 0 Å². The van der Waals surface area contributed by atoms with Gasteiger partial charge in [-0.2, -0.15) is 0 Å². The van der Waals surface area contributed by atoms with Crippen LogP contribution in [0.2, 0.25) is 0 Å². The first kappa shape index (κ1) is 20.0. The summed E-state index contributed by atoms with van der Waals surface area (Å²) in [4.78, 5) is 3.38. The fourth-order valence-electron chi connectivity index (χ4n) is 4.03. The Labute approximate surface area is 179 Å². The minimum Gasteiger partial charge on any atom is -0.355 e. The topological polar surface area (TPSA) is 15.8 Å². The molecule has 1 nitrogen and oxygen atoms in total. The van der Waals surface area contributed by atoms with E-state index in [2.05, 4.69) is 122 Å². The molecule has 0 aliphatic heterocycles. The predicted molar refractivity (Wildman–Crippen MR) is 131 cm³/mol. The number of fused-ring (bicyclic) bond motifs is 3. The van der Waals surface area contributed by atoms with E-state index < -0.39 is 0 Å². The van der Waals surface area contributed by atoms with Crippen molar-refractivity contribution in [3.63, 3.8) is 0 Å². The molecule has 0 spiro atoms. The van der Waals surface area contributed by atoms with Gasteiger partial charge in [-0.1, -0.05) is 111 Å². The second-order valence-corrected chi connectivity index (χ2v) is 7.89. The van der Waals surface area contributed by atoms with Crippen LogP contribution in [0, 0.1) is 0 Å². The second-order valence-electron chi connectivity index (χ2n) is 7.89. The lowest BCUT2D eigenvalue weighted by Crippen LogP contribution is -1.92. The van der Waals surface area contributed by atoms with E-state index in [-0.39, 0.29) is 0 Å². The van der Waals surface area contributed by atoms with Crippen LogP contribution in [0.4, 0.5) is 0 Å². The van der Waals surface area contributed by atoms with Crippen molar-refractivity contribution in [1.82, 2.24) is 4.98 Å². The Hall–Kier alpha value is -3.32. The number of nitrogens with one attached hydrogen (secondary N) is 1. The van der Waals surface area contributed by atoms with Crippen LogP contribution in [-0.4, -0.2) is 4.98 Å². The predicted octanol–water partition coefficient (Wildman–Crippen LogP) is 8.58. The molecule has 150 valence electrons. The molecule has 0 fully saturated rings. The molecule has 1 aromatic heterocycles. The van der Waals surface area contributed by atoms with E-state index in [1.807, 2.05) is 0 Å². The fraction of sp³-hybridized carbons (Fsp3) is 0.172. The smallest absolute Gasteiger partial charge is 0.0464 e. The van der Waals surface area contributed by atoms with Crippen molar-refractivity contribution in [2.24, 2.45) is 0 Å². The Balaban J connectivity index is 0.000000150. The van der Waals surface area contributed by atoms with Crippen molar-refractivity contribution in [1.29, 1.82) is 0 Å². The summed E-state index contributed by atoms with van der Waals surface area (Å²) in [5, 5.41) is 2.61. The molecule has 1 unspecified atom stereocenters. The first-order valence-corrected chi connectivity index (χ1v) is 10.9. The van der Waals surface area contributed by atoms with Crippen molar-refractivity contribution in [2.45, 2.75) is 32.6 Å². The molecule has 1 N–H and O–H groups in total. The SMILES string of the molecule is CCCC(C)c1ccc(-c2ccccc2)cc1.c1ccc2c(c1)[nH]c1ccccc12. The largest absolute Gasteiger partial charge is 0.355 e. The lowest BCUT2D eigenvalue weighted by atomic mass is 9.94. The van der Waals surface area contributed by atoms with Gasteiger partial charge in [0.2, 0.25) is 0 Å². The third-order valence-corrected chi connectivity index (χ3v) is 5.72. The standard InChI is InChI=1S/C17H20.C12H9N/c1-3-7-14(2)15-10-12-17(13-11-15)16-8-5-4-6-9-16;1-3-7-11-9(5-1)10-6-2-4-8-12(10)13-11/h4-6,8-14H,3,7H2,1-2H3;1-8,13H. The maximum absolute atomic E-state index is 3.38. The van der Waals surface area contributed by atoms with Gasteiger partial charge in [0.25, 0.3) is 0 Å². The van der Waals surface area contributed by atoms with E-state index in [0.29, 0.717) is 5.92 Å². The number of aromatic amines is 1. The van der Waals surface area contributed by atoms with Crippen molar-refractivity contribution in [3.8, 4) is 11.1 Å². The van der Waals surface area contributed by atoms with Gasteiger partial charge in [0.1, 0.15) is 0 Å². The number of rotatable bonds is 4. The van der Waals surface area contributed by atoms with Gasteiger partial charge in [-0.3, -0.25) is 0 Å². The summed E-state index contributed by atoms with van der Waals surface area (Å²) in [5.74, 6) is 0.671. The molecule has 0 saturated heterocycles. The molecule has 4 aromatic carbocycles. The summed E-state index contributed by atoms with van der Waals surface area (Å²) < 4.78 is 0. The molecule has 30 heavy (non-hydrogen) atoms. The monoisotopic (exact) mass is 391 g/mol. The molecule has 0 aliphatic carbocycles. The number of H-pyrrole nitrogens is 1. The second kappa shape index (κ2) is 9.45. The highest BCUT2D eigenvalue weighted by Gasteiger charge is 2.04. The zero-order chi connectivity index (χ0) is 20.8. The van der Waals surface area contributed by atoms with Gasteiger partial charge < -0.3 is 4.98 Å². The van der Waals surface area contributed by atoms with Crippen LogP contribution in [0.1, 0.15) is 38.2 Å². The molecule has 5 rings (SSSR count). The number of benzene rings is 4. The van der Waals surface area contributed by atoms with Gasteiger partial charge in [0.15, 0.2) is 0 Å². The highest BCUT2D eigenvalue weighted by molar-refractivity contribution is 6.06. The fourth-order valence-corrected chi connectivity index (χ4v) is 4.03. The number of hydrogen-bond donors (Lipinski definition) is 1. The highest BCUT2D eigenvalue weighted by atomic mass is 14.7. The Morgan fingerprint density at radius 2 is 1.10 bits per heavy atom. The zero-order valence-corrected chi connectivity index (χ0v) is 17.8. The van der Waals surface area contributed by atoms with E-state index in [4.69, 9.17) is 0 Å². The number of para-hydroxylation sites is 2. The maximum atomic E-state index is 3.38. The summed E-state index contributed by atoms with van der Waals surface area (Å²) >= 11 is 0. The van der Waals surface area contributed by atoms with Crippen LogP contribution in [0.25, 0.3) is 32.9 Å². The van der Waals surface area contributed by atoms with Gasteiger partial charge in [0, 0.05) is 21.8 Å². The average molecular weight is 392 g/mol. The molecule has 1 atom stereocenters. The van der Waals surface area contributed by atoms with E-state index in [1.54, 1.807) is 0 Å². The number of hydrogen-bond acceptors (Lipinski definition) is 0. The molecule has 0 radical (unpaired) electrons. The molecular weight excluding hydrogens is 362 g/mol. The van der Waals surface area contributed by atoms with Crippen LogP contribution in [0.15, 0.2) is 103 Å². The van der Waals surface area contributed by atoms with Crippen molar-refractivity contribution in [3.05, 3.63) is 109 Å². The first-order chi connectivity index (χ1) is 14.8. The first-order valence-electron chi connectivity index (χ1n) is 10.9. The highest BCUT2D eigenvalue weighted by Crippen LogP contribution is 2.25. The summed E-state index contributed by atoms with van der Waals surface area (Å²) in [6, 6.07) is 36.3. The van der Waals surface area contributed by atoms with Gasteiger partial charge in [-0.25, -0.2) is 0 Å². The molecule has 0 bridgehead atoms. The van der Waals surface area contributed by atoms with Crippen LogP contribution in [-0.2, 0) is 0 Å². The van der Waals surface area contributed by atoms with E-state index >= 15 is 0 Å². The molecular formula is C29H29N. The van der Waals surface area contributed by atoms with Gasteiger partial charge in [-0.15, -0.1) is 0 Å². The summed E-state index contributed by atoms with van der Waals surface area (Å²) in [6.07, 6.45) is 2.52. The van der Waals surface area contributed by atoms with Gasteiger partial charge in [-0.05, 0) is 41.2 Å². The maximum Gasteiger partial charge on any atom is 0.0464 e. The van der Waals surface area contributed by atoms with E-state index in [1.165, 1.54) is 51.3 Å². The van der Waals surface area contributed by atoms with Crippen LogP contribution >= 0.6 is 0 Å². The van der Waals surface area contributed by atoms with Gasteiger partial charge in [0.05, 0.1) is 0 Å². The van der Waals surface area contributed by atoms with E-state index in [9.17, 15) is 0 Å². The van der Waals surface area contributed by atoms with Crippen molar-refractivity contribution >= 4 is 21.8 Å². The third-order valence-electron chi connectivity index (χ3n) is 5.72. The minimum absolute atomic E-state index is 0.671. The zero-order valence-electron chi connectivity index (χ0n) is 17.8. The average Bonchev–Trinajstić information content (AvgIpc) is 3.19. The molecule has 0 saturated carbocycles. The molecule has 0 aliphatic rings. The van der Waals surface area contributed by atoms with Gasteiger partial charge >= 0.3 is 0 Å². The Bertz CT molecular complexity index is 1150. The minimum atomic E-state index is 0.671. The molecule has 1 heterocycles. The Kier molecular flexibility index (Phi) is 6.29. The van der Waals surface area contributed by atoms with Crippen LogP contribution < -0.4 is 0 Å². The van der Waals surface area contributed by atoms with Crippen molar-refractivity contribution < 1.29 is 0 Å². The molecule has 0 amide bonds. The molecule has 5 aromatic rings. The van der Waals surface area contributed by atoms with Crippen LogP contribution in [0.5, 0.6) is 0 Å². The quantitative estimate of drug-likeness (QED) is 0.316. The van der Waals surface area contributed by atoms with Crippen LogP contribution in [0.3, 0.4) is 0 Å². The summed E-state index contributed by atoms with van der Waals surface area (Å²) in [6.45, 7) is 4.55. The Morgan fingerprint density at radius 3 is 1.67 bits per heavy atom. The van der Waals surface area contributed by atoms with Crippen molar-refractivity contribution in [2.75, 3.05) is 0 Å². The molecule has 1 heteroatoms. The summed E-state index contributed by atoms with van der Waals surface area (Å²) in [7, 11) is 0. The number of aromatic nitrogens is 1. The summed E-state index contributed by atoms with van der Waals surface area (Å²) in [5.41, 5.74) is 6.47. The Morgan fingerprint density at radius 1 is 0.600 bits per heavy atom. The normalized spacial score (nSPS) is 11.8.